The van der Waals surface area contributed by atoms with E-state index in [1.807, 2.05) is 0 Å². The van der Waals surface area contributed by atoms with Gasteiger partial charge < -0.3 is 5.32 Å². The van der Waals surface area contributed by atoms with Gasteiger partial charge in [0, 0.05) is 18.1 Å². The molecule has 2 heteroatoms. The van der Waals surface area contributed by atoms with Crippen molar-refractivity contribution in [3.05, 3.63) is 0 Å². The second-order valence-corrected chi connectivity index (χ2v) is 6.04. The molecule has 1 saturated heterocycles. The summed E-state index contributed by atoms with van der Waals surface area (Å²) in [6.45, 7) is 7.32. The Bertz CT molecular complexity index is 211. The smallest absolute Gasteiger partial charge is 0.00979 e. The Morgan fingerprint density at radius 2 is 2.06 bits per heavy atom. The van der Waals surface area contributed by atoms with Crippen LogP contribution in [0.25, 0.3) is 0 Å². The van der Waals surface area contributed by atoms with Gasteiger partial charge in [0.2, 0.25) is 0 Å². The van der Waals surface area contributed by atoms with Gasteiger partial charge >= 0.3 is 0 Å². The highest BCUT2D eigenvalue weighted by Crippen LogP contribution is 2.24. The fraction of sp³-hybridized carbons (Fsp3) is 1.00. The van der Waals surface area contributed by atoms with Crippen molar-refractivity contribution in [3.8, 4) is 0 Å². The fourth-order valence-corrected chi connectivity index (χ4v) is 3.20. The average Bonchev–Trinajstić information content (AvgIpc) is 3.14. The number of hydrogen-bond acceptors (Lipinski definition) is 2. The Morgan fingerprint density at radius 1 is 1.24 bits per heavy atom. The number of nitrogens with one attached hydrogen (secondary N) is 1. The molecule has 1 N–H and O–H groups in total. The Kier molecular flexibility index (Phi) is 5.30. The van der Waals surface area contributed by atoms with E-state index in [0.717, 1.165) is 18.1 Å². The largest absolute Gasteiger partial charge is 0.314 e. The molecule has 2 atom stereocenters. The van der Waals surface area contributed by atoms with Crippen molar-refractivity contribution in [1.82, 2.24) is 10.2 Å². The predicted octanol–water partition coefficient (Wildman–Crippen LogP) is 3.17. The van der Waals surface area contributed by atoms with Crippen LogP contribution in [0, 0.1) is 0 Å². The lowest BCUT2D eigenvalue weighted by molar-refractivity contribution is 0.0918. The van der Waals surface area contributed by atoms with Gasteiger partial charge in [0.25, 0.3) is 0 Å². The first kappa shape index (κ1) is 13.4. The number of likely N-dealkylation sites (tertiary alicyclic amines) is 1. The Labute approximate surface area is 107 Å². The molecule has 0 aromatic rings. The summed E-state index contributed by atoms with van der Waals surface area (Å²) in [5.41, 5.74) is 0. The third kappa shape index (κ3) is 4.26. The molecule has 1 saturated carbocycles. The summed E-state index contributed by atoms with van der Waals surface area (Å²) in [4.78, 5) is 2.79. The summed E-state index contributed by atoms with van der Waals surface area (Å²) < 4.78 is 0. The first-order chi connectivity index (χ1) is 8.31. The van der Waals surface area contributed by atoms with Crippen LogP contribution >= 0.6 is 0 Å². The summed E-state index contributed by atoms with van der Waals surface area (Å²) in [5.74, 6) is 0. The SMILES string of the molecule is CCCC1CCCCN1C(C)CCNC1CC1. The lowest BCUT2D eigenvalue weighted by Crippen LogP contribution is -2.46. The van der Waals surface area contributed by atoms with Crippen LogP contribution in [-0.2, 0) is 0 Å². The van der Waals surface area contributed by atoms with E-state index < -0.39 is 0 Å². The van der Waals surface area contributed by atoms with E-state index in [1.165, 1.54) is 64.5 Å². The second-order valence-electron chi connectivity index (χ2n) is 6.04. The average molecular weight is 238 g/mol. The van der Waals surface area contributed by atoms with E-state index in [0.29, 0.717) is 0 Å². The summed E-state index contributed by atoms with van der Waals surface area (Å²) in [7, 11) is 0. The lowest BCUT2D eigenvalue weighted by Gasteiger charge is -2.40. The first-order valence-corrected chi connectivity index (χ1v) is 7.80. The molecule has 0 radical (unpaired) electrons. The van der Waals surface area contributed by atoms with Crippen LogP contribution in [0.1, 0.15) is 65.2 Å². The molecule has 2 nitrogen and oxygen atoms in total. The topological polar surface area (TPSA) is 15.3 Å². The van der Waals surface area contributed by atoms with Crippen LogP contribution in [0.3, 0.4) is 0 Å². The van der Waals surface area contributed by atoms with Crippen LogP contribution in [0.5, 0.6) is 0 Å². The van der Waals surface area contributed by atoms with Gasteiger partial charge in [-0.1, -0.05) is 19.8 Å². The third-order valence-corrected chi connectivity index (χ3v) is 4.43. The number of nitrogens with zero attached hydrogens (tertiary/aromatic N) is 1. The molecule has 1 aliphatic heterocycles. The molecule has 0 bridgehead atoms. The Hall–Kier alpha value is -0.0800. The molecule has 2 unspecified atom stereocenters. The number of rotatable bonds is 7. The van der Waals surface area contributed by atoms with E-state index >= 15 is 0 Å². The molecule has 1 aliphatic carbocycles. The molecule has 0 amide bonds. The van der Waals surface area contributed by atoms with Crippen molar-refractivity contribution in [2.75, 3.05) is 13.1 Å². The molecular formula is C15H30N2. The number of hydrogen-bond donors (Lipinski definition) is 1. The van der Waals surface area contributed by atoms with Crippen LogP contribution in [0.2, 0.25) is 0 Å². The van der Waals surface area contributed by atoms with Crippen LogP contribution in [-0.4, -0.2) is 36.1 Å². The highest BCUT2D eigenvalue weighted by atomic mass is 15.2. The van der Waals surface area contributed by atoms with E-state index in [-0.39, 0.29) is 0 Å². The normalized spacial score (nSPS) is 28.2. The standard InChI is InChI=1S/C15H30N2/c1-3-6-15-7-4-5-12-17(15)13(2)10-11-16-14-8-9-14/h13-16H,3-12H2,1-2H3. The minimum Gasteiger partial charge on any atom is -0.314 e. The van der Waals surface area contributed by atoms with E-state index in [4.69, 9.17) is 0 Å². The van der Waals surface area contributed by atoms with E-state index in [2.05, 4.69) is 24.1 Å². The zero-order chi connectivity index (χ0) is 12.1. The van der Waals surface area contributed by atoms with Gasteiger partial charge in [-0.25, -0.2) is 0 Å². The van der Waals surface area contributed by atoms with Crippen molar-refractivity contribution in [3.63, 3.8) is 0 Å². The van der Waals surface area contributed by atoms with Crippen molar-refractivity contribution in [2.24, 2.45) is 0 Å². The van der Waals surface area contributed by atoms with E-state index in [1.54, 1.807) is 0 Å². The van der Waals surface area contributed by atoms with Gasteiger partial charge in [-0.15, -0.1) is 0 Å². The highest BCUT2D eigenvalue weighted by Gasteiger charge is 2.26. The van der Waals surface area contributed by atoms with Crippen LogP contribution < -0.4 is 5.32 Å². The molecular weight excluding hydrogens is 208 g/mol. The molecule has 2 rings (SSSR count). The predicted molar refractivity (Wildman–Crippen MR) is 74.4 cm³/mol. The monoisotopic (exact) mass is 238 g/mol. The second kappa shape index (κ2) is 6.75. The van der Waals surface area contributed by atoms with Crippen molar-refractivity contribution in [2.45, 2.75) is 83.3 Å². The zero-order valence-electron chi connectivity index (χ0n) is 11.8. The summed E-state index contributed by atoms with van der Waals surface area (Å²) >= 11 is 0. The maximum Gasteiger partial charge on any atom is 0.00979 e. The molecule has 17 heavy (non-hydrogen) atoms. The molecule has 0 aromatic heterocycles. The Morgan fingerprint density at radius 3 is 2.76 bits per heavy atom. The maximum atomic E-state index is 3.65. The molecule has 1 heterocycles. The molecule has 100 valence electrons. The first-order valence-electron chi connectivity index (χ1n) is 7.80. The summed E-state index contributed by atoms with van der Waals surface area (Å²) in [5, 5.41) is 3.65. The molecule has 2 aliphatic rings. The van der Waals surface area contributed by atoms with Gasteiger partial charge in [0.05, 0.1) is 0 Å². The quantitative estimate of drug-likeness (QED) is 0.733. The molecule has 0 spiro atoms. The summed E-state index contributed by atoms with van der Waals surface area (Å²) in [6, 6.07) is 2.53. The number of piperidine rings is 1. The summed E-state index contributed by atoms with van der Waals surface area (Å²) in [6.07, 6.45) is 11.2. The van der Waals surface area contributed by atoms with Gasteiger partial charge in [-0.3, -0.25) is 4.90 Å². The Balaban J connectivity index is 1.71. The van der Waals surface area contributed by atoms with Gasteiger partial charge in [-0.05, 0) is 58.5 Å². The van der Waals surface area contributed by atoms with Crippen molar-refractivity contribution in [1.29, 1.82) is 0 Å². The van der Waals surface area contributed by atoms with E-state index in [9.17, 15) is 0 Å². The van der Waals surface area contributed by atoms with Crippen molar-refractivity contribution >= 4 is 0 Å². The van der Waals surface area contributed by atoms with Gasteiger partial charge in [0.1, 0.15) is 0 Å². The third-order valence-electron chi connectivity index (χ3n) is 4.43. The fourth-order valence-electron chi connectivity index (χ4n) is 3.20. The zero-order valence-corrected chi connectivity index (χ0v) is 11.8. The lowest BCUT2D eigenvalue weighted by atomic mass is 9.96. The van der Waals surface area contributed by atoms with Gasteiger partial charge in [0.15, 0.2) is 0 Å². The minimum absolute atomic E-state index is 0.776. The minimum atomic E-state index is 0.776. The molecule has 2 fully saturated rings. The highest BCUT2D eigenvalue weighted by molar-refractivity contribution is 4.84. The maximum absolute atomic E-state index is 3.65. The van der Waals surface area contributed by atoms with Crippen LogP contribution in [0.4, 0.5) is 0 Å². The van der Waals surface area contributed by atoms with Crippen molar-refractivity contribution < 1.29 is 0 Å². The molecule has 0 aromatic carbocycles. The van der Waals surface area contributed by atoms with Gasteiger partial charge in [-0.2, -0.15) is 0 Å². The van der Waals surface area contributed by atoms with Crippen LogP contribution in [0.15, 0.2) is 0 Å².